The first-order valence-electron chi connectivity index (χ1n) is 6.49. The third-order valence-electron chi connectivity index (χ3n) is 3.16. The van der Waals surface area contributed by atoms with Gasteiger partial charge in [0, 0.05) is 6.54 Å². The van der Waals surface area contributed by atoms with E-state index >= 15 is 0 Å². The van der Waals surface area contributed by atoms with Crippen LogP contribution in [0.1, 0.15) is 25.0 Å². The number of thiocarbonyl (C=S) groups is 1. The van der Waals surface area contributed by atoms with Gasteiger partial charge in [0.15, 0.2) is 0 Å². The van der Waals surface area contributed by atoms with Crippen LogP contribution in [0, 0.1) is 0 Å². The molecule has 98 valence electrons. The summed E-state index contributed by atoms with van der Waals surface area (Å²) in [6.07, 6.45) is 3.84. The fraction of sp³-hybridized carbons (Fsp3) is 0.538. The molecule has 1 aromatic heterocycles. The summed E-state index contributed by atoms with van der Waals surface area (Å²) < 4.78 is 0. The van der Waals surface area contributed by atoms with Crippen LogP contribution in [0.4, 0.5) is 5.82 Å². The van der Waals surface area contributed by atoms with Crippen LogP contribution in [0.5, 0.6) is 0 Å². The summed E-state index contributed by atoms with van der Waals surface area (Å²) in [5.41, 5.74) is 6.23. The standard InChI is InChI=1S/C13H20N4S/c14-13(18)11-5-3-6-12(16-11)15-7-4-10-17-8-1-2-9-17/h3,5-6H,1-2,4,7-10H2,(H2,14,18)(H,15,16). The predicted molar refractivity (Wildman–Crippen MR) is 78.9 cm³/mol. The zero-order valence-electron chi connectivity index (χ0n) is 10.6. The van der Waals surface area contributed by atoms with E-state index in [9.17, 15) is 0 Å². The molecule has 2 heterocycles. The van der Waals surface area contributed by atoms with E-state index in [-0.39, 0.29) is 0 Å². The Kier molecular flexibility index (Phi) is 4.90. The first-order chi connectivity index (χ1) is 8.75. The minimum atomic E-state index is 0.343. The summed E-state index contributed by atoms with van der Waals surface area (Å²) in [5, 5.41) is 3.31. The van der Waals surface area contributed by atoms with Crippen LogP contribution < -0.4 is 11.1 Å². The maximum atomic E-state index is 5.55. The largest absolute Gasteiger partial charge is 0.388 e. The molecule has 2 rings (SSSR count). The van der Waals surface area contributed by atoms with Crippen molar-refractivity contribution in [3.8, 4) is 0 Å². The minimum absolute atomic E-state index is 0.343. The van der Waals surface area contributed by atoms with Crippen molar-refractivity contribution in [1.82, 2.24) is 9.88 Å². The Hall–Kier alpha value is -1.20. The van der Waals surface area contributed by atoms with Gasteiger partial charge in [-0.25, -0.2) is 4.98 Å². The Labute approximate surface area is 114 Å². The Morgan fingerprint density at radius 1 is 1.39 bits per heavy atom. The normalized spacial score (nSPS) is 15.8. The zero-order valence-corrected chi connectivity index (χ0v) is 11.4. The number of likely N-dealkylation sites (tertiary alicyclic amines) is 1. The van der Waals surface area contributed by atoms with Crippen LogP contribution in [0.25, 0.3) is 0 Å². The number of anilines is 1. The maximum Gasteiger partial charge on any atom is 0.126 e. The van der Waals surface area contributed by atoms with Crippen LogP contribution in [-0.4, -0.2) is 41.1 Å². The molecule has 1 saturated heterocycles. The molecule has 1 aliphatic rings. The second-order valence-corrected chi connectivity index (χ2v) is 5.04. The molecular weight excluding hydrogens is 244 g/mol. The van der Waals surface area contributed by atoms with Crippen molar-refractivity contribution in [2.24, 2.45) is 5.73 Å². The van der Waals surface area contributed by atoms with Crippen LogP contribution >= 0.6 is 12.2 Å². The van der Waals surface area contributed by atoms with E-state index in [4.69, 9.17) is 18.0 Å². The fourth-order valence-corrected chi connectivity index (χ4v) is 2.31. The minimum Gasteiger partial charge on any atom is -0.388 e. The van der Waals surface area contributed by atoms with Crippen LogP contribution in [0.2, 0.25) is 0 Å². The third-order valence-corrected chi connectivity index (χ3v) is 3.37. The van der Waals surface area contributed by atoms with Gasteiger partial charge in [-0.1, -0.05) is 18.3 Å². The Balaban J connectivity index is 1.72. The number of nitrogens with two attached hydrogens (primary N) is 1. The molecule has 0 saturated carbocycles. The van der Waals surface area contributed by atoms with Crippen molar-refractivity contribution in [2.45, 2.75) is 19.3 Å². The van der Waals surface area contributed by atoms with E-state index < -0.39 is 0 Å². The third kappa shape index (κ3) is 3.92. The molecular formula is C13H20N4S. The summed E-state index contributed by atoms with van der Waals surface area (Å²) in [4.78, 5) is 7.21. The lowest BCUT2D eigenvalue weighted by Crippen LogP contribution is -2.22. The Bertz CT molecular complexity index is 402. The SMILES string of the molecule is NC(=S)c1cccc(NCCCN2CCCC2)n1. The highest BCUT2D eigenvalue weighted by atomic mass is 32.1. The van der Waals surface area contributed by atoms with Gasteiger partial charge in [0.05, 0.1) is 5.69 Å². The average Bonchev–Trinajstić information content (AvgIpc) is 2.88. The lowest BCUT2D eigenvalue weighted by Gasteiger charge is -2.14. The maximum absolute atomic E-state index is 5.55. The van der Waals surface area contributed by atoms with Crippen molar-refractivity contribution in [3.63, 3.8) is 0 Å². The summed E-state index contributed by atoms with van der Waals surface area (Å²) in [6, 6.07) is 5.69. The van der Waals surface area contributed by atoms with Gasteiger partial charge in [-0.2, -0.15) is 0 Å². The molecule has 1 aromatic rings. The molecule has 0 amide bonds. The van der Waals surface area contributed by atoms with Gasteiger partial charge in [-0.05, 0) is 51.0 Å². The first-order valence-corrected chi connectivity index (χ1v) is 6.89. The van der Waals surface area contributed by atoms with Crippen LogP contribution in [0.3, 0.4) is 0 Å². The quantitative estimate of drug-likeness (QED) is 0.604. The van der Waals surface area contributed by atoms with Crippen molar-refractivity contribution >= 4 is 23.0 Å². The molecule has 0 aromatic carbocycles. The Morgan fingerprint density at radius 3 is 2.89 bits per heavy atom. The van der Waals surface area contributed by atoms with E-state index in [0.29, 0.717) is 10.7 Å². The van der Waals surface area contributed by atoms with Crippen molar-refractivity contribution < 1.29 is 0 Å². The first kappa shape index (κ1) is 13.2. The van der Waals surface area contributed by atoms with Crippen molar-refractivity contribution in [3.05, 3.63) is 23.9 Å². The number of nitrogens with zero attached hydrogens (tertiary/aromatic N) is 2. The second-order valence-electron chi connectivity index (χ2n) is 4.60. The number of hydrogen-bond acceptors (Lipinski definition) is 4. The molecule has 18 heavy (non-hydrogen) atoms. The number of nitrogens with one attached hydrogen (secondary N) is 1. The average molecular weight is 264 g/mol. The number of hydrogen-bond donors (Lipinski definition) is 2. The zero-order chi connectivity index (χ0) is 12.8. The topological polar surface area (TPSA) is 54.2 Å². The summed E-state index contributed by atoms with van der Waals surface area (Å²) in [5.74, 6) is 0.849. The van der Waals surface area contributed by atoms with Crippen LogP contribution in [0.15, 0.2) is 18.2 Å². The Morgan fingerprint density at radius 2 is 2.17 bits per heavy atom. The predicted octanol–water partition coefficient (Wildman–Crippen LogP) is 1.61. The second kappa shape index (κ2) is 6.66. The lowest BCUT2D eigenvalue weighted by molar-refractivity contribution is 0.337. The van der Waals surface area contributed by atoms with E-state index in [1.807, 2.05) is 18.2 Å². The summed E-state index contributed by atoms with van der Waals surface area (Å²) in [6.45, 7) is 4.62. The fourth-order valence-electron chi connectivity index (χ4n) is 2.20. The van der Waals surface area contributed by atoms with Gasteiger partial charge in [0.1, 0.15) is 10.8 Å². The number of pyridine rings is 1. The van der Waals surface area contributed by atoms with Gasteiger partial charge >= 0.3 is 0 Å². The molecule has 4 nitrogen and oxygen atoms in total. The number of aromatic nitrogens is 1. The lowest BCUT2D eigenvalue weighted by atomic mass is 10.3. The molecule has 1 aliphatic heterocycles. The van der Waals surface area contributed by atoms with Gasteiger partial charge in [0.2, 0.25) is 0 Å². The highest BCUT2D eigenvalue weighted by molar-refractivity contribution is 7.80. The molecule has 1 fully saturated rings. The van der Waals surface area contributed by atoms with Crippen molar-refractivity contribution in [1.29, 1.82) is 0 Å². The van der Waals surface area contributed by atoms with E-state index in [0.717, 1.165) is 18.8 Å². The smallest absolute Gasteiger partial charge is 0.126 e. The van der Waals surface area contributed by atoms with Crippen molar-refractivity contribution in [2.75, 3.05) is 31.5 Å². The van der Waals surface area contributed by atoms with Gasteiger partial charge in [-0.3, -0.25) is 0 Å². The molecule has 0 radical (unpaired) electrons. The molecule has 0 bridgehead atoms. The molecule has 0 aliphatic carbocycles. The number of rotatable bonds is 6. The molecule has 3 N–H and O–H groups in total. The molecule has 0 spiro atoms. The van der Waals surface area contributed by atoms with E-state index in [1.54, 1.807) is 0 Å². The summed E-state index contributed by atoms with van der Waals surface area (Å²) in [7, 11) is 0. The van der Waals surface area contributed by atoms with Crippen LogP contribution in [-0.2, 0) is 0 Å². The summed E-state index contributed by atoms with van der Waals surface area (Å²) >= 11 is 4.91. The van der Waals surface area contributed by atoms with E-state index in [1.165, 1.54) is 32.5 Å². The van der Waals surface area contributed by atoms with E-state index in [2.05, 4.69) is 15.2 Å². The van der Waals surface area contributed by atoms with Gasteiger partial charge in [-0.15, -0.1) is 0 Å². The molecule has 0 atom stereocenters. The monoisotopic (exact) mass is 264 g/mol. The molecule has 5 heteroatoms. The highest BCUT2D eigenvalue weighted by Gasteiger charge is 2.10. The van der Waals surface area contributed by atoms with Gasteiger partial charge < -0.3 is 16.0 Å². The highest BCUT2D eigenvalue weighted by Crippen LogP contribution is 2.08. The van der Waals surface area contributed by atoms with Gasteiger partial charge in [0.25, 0.3) is 0 Å². The molecule has 0 unspecified atom stereocenters.